The summed E-state index contributed by atoms with van der Waals surface area (Å²) < 4.78 is 0. The molecular formula is C16H27N5O. The highest BCUT2D eigenvalue weighted by molar-refractivity contribution is 5.74. The minimum absolute atomic E-state index is 0.0222. The average molecular weight is 305 g/mol. The van der Waals surface area contributed by atoms with Gasteiger partial charge in [0.05, 0.1) is 0 Å². The zero-order valence-corrected chi connectivity index (χ0v) is 13.4. The molecule has 1 aliphatic carbocycles. The number of amides is 2. The van der Waals surface area contributed by atoms with Crippen LogP contribution in [0.4, 0.5) is 4.79 Å². The number of rotatable bonds is 7. The first-order valence-electron chi connectivity index (χ1n) is 8.21. The Bertz CT molecular complexity index is 433. The van der Waals surface area contributed by atoms with Crippen LogP contribution in [0.1, 0.15) is 44.1 Å². The summed E-state index contributed by atoms with van der Waals surface area (Å²) in [5.41, 5.74) is 1.10. The number of nitrogens with one attached hydrogen (secondary N) is 2. The van der Waals surface area contributed by atoms with E-state index in [1.165, 1.54) is 19.3 Å². The summed E-state index contributed by atoms with van der Waals surface area (Å²) >= 11 is 0. The van der Waals surface area contributed by atoms with Gasteiger partial charge in [0.1, 0.15) is 6.33 Å². The van der Waals surface area contributed by atoms with Gasteiger partial charge in [0.25, 0.3) is 0 Å². The summed E-state index contributed by atoms with van der Waals surface area (Å²) in [5, 5.41) is 6.01. The molecule has 1 heterocycles. The number of hydrogen-bond donors (Lipinski definition) is 2. The maximum atomic E-state index is 11.8. The molecule has 1 aliphatic rings. The minimum Gasteiger partial charge on any atom is -0.338 e. The molecule has 1 aromatic heterocycles. The number of urea groups is 1. The van der Waals surface area contributed by atoms with E-state index < -0.39 is 0 Å². The molecule has 0 aliphatic heterocycles. The van der Waals surface area contributed by atoms with E-state index in [0.29, 0.717) is 12.6 Å². The van der Waals surface area contributed by atoms with E-state index in [0.717, 1.165) is 37.9 Å². The van der Waals surface area contributed by atoms with E-state index in [-0.39, 0.29) is 6.03 Å². The van der Waals surface area contributed by atoms with Gasteiger partial charge >= 0.3 is 6.03 Å². The number of carbonyl (C=O) groups excluding carboxylic acids is 1. The fourth-order valence-electron chi connectivity index (χ4n) is 2.84. The van der Waals surface area contributed by atoms with Gasteiger partial charge in [-0.3, -0.25) is 0 Å². The second-order valence-electron chi connectivity index (χ2n) is 6.07. The van der Waals surface area contributed by atoms with E-state index in [4.69, 9.17) is 0 Å². The maximum Gasteiger partial charge on any atom is 0.315 e. The van der Waals surface area contributed by atoms with Crippen molar-refractivity contribution in [1.29, 1.82) is 0 Å². The first kappa shape index (κ1) is 16.7. The number of hydrogen-bond acceptors (Lipinski definition) is 4. The van der Waals surface area contributed by atoms with Gasteiger partial charge in [-0.05, 0) is 32.9 Å². The molecule has 6 heteroatoms. The van der Waals surface area contributed by atoms with Crippen LogP contribution in [0, 0.1) is 0 Å². The Hall–Kier alpha value is -1.69. The number of nitrogens with zero attached hydrogens (tertiary/aromatic N) is 3. The lowest BCUT2D eigenvalue weighted by Gasteiger charge is -2.23. The van der Waals surface area contributed by atoms with E-state index in [2.05, 4.69) is 32.5 Å². The Kier molecular flexibility index (Phi) is 7.09. The molecule has 2 N–H and O–H groups in total. The van der Waals surface area contributed by atoms with Crippen molar-refractivity contribution < 1.29 is 4.79 Å². The summed E-state index contributed by atoms with van der Waals surface area (Å²) in [6.45, 7) is 2.46. The lowest BCUT2D eigenvalue weighted by molar-refractivity contribution is 0.231. The van der Waals surface area contributed by atoms with E-state index in [1.54, 1.807) is 6.33 Å². The molecule has 0 aromatic carbocycles. The quantitative estimate of drug-likeness (QED) is 0.755. The molecule has 1 aromatic rings. The van der Waals surface area contributed by atoms with Crippen LogP contribution in [0.2, 0.25) is 0 Å². The van der Waals surface area contributed by atoms with Crippen molar-refractivity contribution >= 4 is 6.03 Å². The molecule has 2 rings (SSSR count). The third-order valence-corrected chi connectivity index (χ3v) is 4.01. The summed E-state index contributed by atoms with van der Waals surface area (Å²) in [6.07, 6.45) is 12.2. The van der Waals surface area contributed by atoms with Crippen LogP contribution in [0.3, 0.4) is 0 Å². The average Bonchev–Trinajstić information content (AvgIpc) is 2.53. The molecule has 1 fully saturated rings. The molecule has 0 radical (unpaired) electrons. The van der Waals surface area contributed by atoms with E-state index in [9.17, 15) is 4.79 Å². The Morgan fingerprint density at radius 2 is 2.00 bits per heavy atom. The van der Waals surface area contributed by atoms with Crippen molar-refractivity contribution in [3.8, 4) is 0 Å². The lowest BCUT2D eigenvalue weighted by Crippen LogP contribution is -2.43. The zero-order valence-electron chi connectivity index (χ0n) is 13.4. The second-order valence-corrected chi connectivity index (χ2v) is 6.07. The molecule has 0 unspecified atom stereocenters. The Labute approximate surface area is 132 Å². The first-order valence-corrected chi connectivity index (χ1v) is 8.21. The van der Waals surface area contributed by atoms with Crippen molar-refractivity contribution in [1.82, 2.24) is 25.5 Å². The highest BCUT2D eigenvalue weighted by atomic mass is 16.2. The van der Waals surface area contributed by atoms with Crippen LogP contribution in [-0.2, 0) is 6.54 Å². The zero-order chi connectivity index (χ0) is 15.6. The van der Waals surface area contributed by atoms with Gasteiger partial charge < -0.3 is 15.5 Å². The van der Waals surface area contributed by atoms with Crippen molar-refractivity contribution in [2.45, 2.75) is 51.1 Å². The smallest absolute Gasteiger partial charge is 0.315 e. The lowest BCUT2D eigenvalue weighted by atomic mass is 9.96. The molecule has 2 amide bonds. The summed E-state index contributed by atoms with van der Waals surface area (Å²) in [6, 6.07) is 0.348. The van der Waals surface area contributed by atoms with Crippen LogP contribution in [0.25, 0.3) is 0 Å². The Morgan fingerprint density at radius 1 is 1.27 bits per heavy atom. The molecule has 1 saturated carbocycles. The highest BCUT2D eigenvalue weighted by Crippen LogP contribution is 2.17. The fraction of sp³-hybridized carbons (Fsp3) is 0.688. The number of carbonyl (C=O) groups is 1. The third kappa shape index (κ3) is 6.39. The van der Waals surface area contributed by atoms with Crippen LogP contribution in [-0.4, -0.2) is 47.1 Å². The van der Waals surface area contributed by atoms with E-state index in [1.807, 2.05) is 12.4 Å². The molecule has 22 heavy (non-hydrogen) atoms. The Balaban J connectivity index is 1.53. The Morgan fingerprint density at radius 3 is 2.73 bits per heavy atom. The molecule has 6 nitrogen and oxygen atoms in total. The van der Waals surface area contributed by atoms with Gasteiger partial charge in [-0.15, -0.1) is 0 Å². The summed E-state index contributed by atoms with van der Waals surface area (Å²) in [5.74, 6) is 0. The van der Waals surface area contributed by atoms with Crippen LogP contribution < -0.4 is 10.6 Å². The monoisotopic (exact) mass is 305 g/mol. The molecule has 0 saturated heterocycles. The van der Waals surface area contributed by atoms with Crippen molar-refractivity contribution in [2.24, 2.45) is 0 Å². The van der Waals surface area contributed by atoms with E-state index >= 15 is 0 Å². The third-order valence-electron chi connectivity index (χ3n) is 4.01. The van der Waals surface area contributed by atoms with Gasteiger partial charge in [-0.25, -0.2) is 14.8 Å². The topological polar surface area (TPSA) is 70.2 Å². The highest BCUT2D eigenvalue weighted by Gasteiger charge is 2.15. The van der Waals surface area contributed by atoms with Gasteiger partial charge in [-0.2, -0.15) is 0 Å². The number of aromatic nitrogens is 2. The SMILES string of the molecule is CN(CCCNC(=O)NC1CCCCC1)Cc1cncnc1. The molecule has 0 atom stereocenters. The normalized spacial score (nSPS) is 15.7. The second kappa shape index (κ2) is 9.35. The van der Waals surface area contributed by atoms with Crippen LogP contribution >= 0.6 is 0 Å². The summed E-state index contributed by atoms with van der Waals surface area (Å²) in [4.78, 5) is 22.0. The minimum atomic E-state index is -0.0222. The van der Waals surface area contributed by atoms with Crippen molar-refractivity contribution in [3.63, 3.8) is 0 Å². The maximum absolute atomic E-state index is 11.8. The van der Waals surface area contributed by atoms with Gasteiger partial charge in [0, 0.05) is 37.1 Å². The van der Waals surface area contributed by atoms with Crippen molar-refractivity contribution in [2.75, 3.05) is 20.1 Å². The predicted octanol–water partition coefficient (Wildman–Crippen LogP) is 1.93. The fourth-order valence-corrected chi connectivity index (χ4v) is 2.84. The van der Waals surface area contributed by atoms with Gasteiger partial charge in [0.2, 0.25) is 0 Å². The first-order chi connectivity index (χ1) is 10.7. The molecular weight excluding hydrogens is 278 g/mol. The van der Waals surface area contributed by atoms with Crippen molar-refractivity contribution in [3.05, 3.63) is 24.3 Å². The van der Waals surface area contributed by atoms with Gasteiger partial charge in [0.15, 0.2) is 0 Å². The molecule has 122 valence electrons. The van der Waals surface area contributed by atoms with Crippen LogP contribution in [0.15, 0.2) is 18.7 Å². The van der Waals surface area contributed by atoms with Crippen LogP contribution in [0.5, 0.6) is 0 Å². The van der Waals surface area contributed by atoms with Gasteiger partial charge in [-0.1, -0.05) is 19.3 Å². The summed E-state index contributed by atoms with van der Waals surface area (Å²) in [7, 11) is 2.06. The molecule has 0 bridgehead atoms. The predicted molar refractivity (Wildman–Crippen MR) is 86.4 cm³/mol. The molecule has 0 spiro atoms. The standard InChI is InChI=1S/C16H27N5O/c1-21(12-14-10-17-13-18-11-14)9-5-8-19-16(22)20-15-6-3-2-4-7-15/h10-11,13,15H,2-9,12H2,1H3,(H2,19,20,22). The largest absolute Gasteiger partial charge is 0.338 e.